The molecule has 1 nitrogen and oxygen atoms in total. The van der Waals surface area contributed by atoms with Gasteiger partial charge in [0.05, 0.1) is 0 Å². The van der Waals surface area contributed by atoms with Crippen LogP contribution in [0.15, 0.2) is 0 Å². The van der Waals surface area contributed by atoms with E-state index in [1.807, 2.05) is 0 Å². The van der Waals surface area contributed by atoms with Crippen LogP contribution in [-0.4, -0.2) is 6.54 Å². The third kappa shape index (κ3) is 19.0. The van der Waals surface area contributed by atoms with Crippen LogP contribution in [-0.2, 0) is 0 Å². The Kier molecular flexibility index (Phi) is 25.2. The van der Waals surface area contributed by atoms with Crippen LogP contribution in [0, 0.1) is 5.92 Å². The third-order valence-corrected chi connectivity index (χ3v) is 4.77. The van der Waals surface area contributed by atoms with Crippen LogP contribution < -0.4 is 35.3 Å². The van der Waals surface area contributed by atoms with Gasteiger partial charge in [0.15, 0.2) is 0 Å². The summed E-state index contributed by atoms with van der Waals surface area (Å²) in [7, 11) is 0. The largest absolute Gasteiger partial charge is 1.00 e. The van der Waals surface area contributed by atoms with Crippen molar-refractivity contribution in [2.24, 2.45) is 11.7 Å². The zero-order valence-corrected chi connectivity index (χ0v) is 18.2. The fraction of sp³-hybridized carbons (Fsp3) is 1.00. The van der Waals surface area contributed by atoms with E-state index >= 15 is 0 Å². The molecule has 2 heteroatoms. The molecule has 0 aromatic carbocycles. The Labute approximate surface area is 165 Å². The van der Waals surface area contributed by atoms with Gasteiger partial charge in [0.1, 0.15) is 0 Å². The summed E-state index contributed by atoms with van der Waals surface area (Å²) in [5.41, 5.74) is 5.93. The molecule has 0 saturated carbocycles. The van der Waals surface area contributed by atoms with Gasteiger partial charge in [-0.25, -0.2) is 0 Å². The molecule has 0 spiro atoms. The molecule has 2 N–H and O–H groups in total. The van der Waals surface area contributed by atoms with Crippen molar-refractivity contribution in [3.05, 3.63) is 0 Å². The molecule has 22 heavy (non-hydrogen) atoms. The predicted octanol–water partition coefficient (Wildman–Crippen LogP) is 3.96. The van der Waals surface area contributed by atoms with E-state index in [0.717, 1.165) is 12.5 Å². The van der Waals surface area contributed by atoms with E-state index in [1.165, 1.54) is 103 Å². The van der Waals surface area contributed by atoms with Crippen molar-refractivity contribution in [2.45, 2.75) is 117 Å². The van der Waals surface area contributed by atoms with Gasteiger partial charge in [-0.05, 0) is 25.3 Å². The predicted molar refractivity (Wildman–Crippen MR) is 98.9 cm³/mol. The summed E-state index contributed by atoms with van der Waals surface area (Å²) in [4.78, 5) is 0. The molecular formula is C20H44NNa. The summed E-state index contributed by atoms with van der Waals surface area (Å²) >= 11 is 0. The summed E-state index contributed by atoms with van der Waals surface area (Å²) in [6.45, 7) is 5.48. The first-order valence-corrected chi connectivity index (χ1v) is 10.0. The molecule has 0 aromatic rings. The molecule has 0 fully saturated rings. The molecule has 1 atom stereocenters. The summed E-state index contributed by atoms with van der Waals surface area (Å²) in [6.07, 6.45) is 22.6. The number of hydrogen-bond donors (Lipinski definition) is 1. The zero-order valence-electron chi connectivity index (χ0n) is 17.2. The van der Waals surface area contributed by atoms with Crippen molar-refractivity contribution in [1.82, 2.24) is 0 Å². The molecular weight excluding hydrogens is 277 g/mol. The molecule has 0 bridgehead atoms. The topological polar surface area (TPSA) is 26.0 Å². The maximum Gasteiger partial charge on any atom is 1.00 e. The molecule has 0 amide bonds. The monoisotopic (exact) mass is 321 g/mol. The molecule has 0 aliphatic carbocycles. The van der Waals surface area contributed by atoms with Crippen molar-refractivity contribution < 1.29 is 31.0 Å². The van der Waals surface area contributed by atoms with Gasteiger partial charge in [0.25, 0.3) is 0 Å². The number of hydrogen-bond acceptors (Lipinski definition) is 1. The van der Waals surface area contributed by atoms with Gasteiger partial charge < -0.3 is 7.16 Å². The van der Waals surface area contributed by atoms with Crippen LogP contribution in [0.1, 0.15) is 118 Å². The molecule has 130 valence electrons. The van der Waals surface area contributed by atoms with Gasteiger partial charge in [-0.15, -0.1) is 0 Å². The van der Waals surface area contributed by atoms with Gasteiger partial charge in [-0.2, -0.15) is 0 Å². The van der Waals surface area contributed by atoms with Gasteiger partial charge in [0.2, 0.25) is 0 Å². The Bertz CT molecular complexity index is 190. The normalized spacial score (nSPS) is 12.1. The SMILES string of the molecule is CCCCCCCCCCC(CN)CCCCCCCC.[H-].[Na+]. The number of unbranched alkanes of at least 4 members (excludes halogenated alkanes) is 12. The first kappa shape index (κ1) is 25.2. The maximum atomic E-state index is 5.93. The second-order valence-corrected chi connectivity index (χ2v) is 6.92. The van der Waals surface area contributed by atoms with Crippen molar-refractivity contribution in [3.8, 4) is 0 Å². The van der Waals surface area contributed by atoms with Crippen molar-refractivity contribution >= 4 is 0 Å². The fourth-order valence-electron chi connectivity index (χ4n) is 3.16. The third-order valence-electron chi connectivity index (χ3n) is 4.77. The summed E-state index contributed by atoms with van der Waals surface area (Å²) < 4.78 is 0. The Balaban J connectivity index is -0.00000200. The van der Waals surface area contributed by atoms with Gasteiger partial charge in [0, 0.05) is 0 Å². The van der Waals surface area contributed by atoms with E-state index in [-0.39, 0.29) is 31.0 Å². The van der Waals surface area contributed by atoms with E-state index in [9.17, 15) is 0 Å². The molecule has 0 heterocycles. The van der Waals surface area contributed by atoms with Crippen LogP contribution in [0.2, 0.25) is 0 Å². The van der Waals surface area contributed by atoms with Gasteiger partial charge in [-0.3, -0.25) is 0 Å². The number of rotatable bonds is 17. The molecule has 0 saturated heterocycles. The Morgan fingerprint density at radius 1 is 0.591 bits per heavy atom. The molecule has 0 aliphatic heterocycles. The van der Waals surface area contributed by atoms with Crippen LogP contribution in [0.3, 0.4) is 0 Å². The van der Waals surface area contributed by atoms with Crippen LogP contribution in [0.4, 0.5) is 0 Å². The van der Waals surface area contributed by atoms with E-state index in [1.54, 1.807) is 0 Å². The van der Waals surface area contributed by atoms with E-state index in [2.05, 4.69) is 13.8 Å². The molecule has 0 rings (SSSR count). The maximum absolute atomic E-state index is 5.93. The van der Waals surface area contributed by atoms with Crippen molar-refractivity contribution in [1.29, 1.82) is 0 Å². The van der Waals surface area contributed by atoms with E-state index in [4.69, 9.17) is 5.73 Å². The minimum Gasteiger partial charge on any atom is -1.00 e. The molecule has 0 radical (unpaired) electrons. The second-order valence-electron chi connectivity index (χ2n) is 6.92. The summed E-state index contributed by atoms with van der Waals surface area (Å²) in [5.74, 6) is 0.802. The van der Waals surface area contributed by atoms with Crippen LogP contribution in [0.25, 0.3) is 0 Å². The van der Waals surface area contributed by atoms with Gasteiger partial charge in [-0.1, -0.05) is 104 Å². The standard InChI is InChI=1S/C20H43N.Na.H/c1-3-5-7-9-11-12-14-16-18-20(19-21)17-15-13-10-8-6-4-2;;/h20H,3-19,21H2,1-2H3;;/q;+1;-1. The fourth-order valence-corrected chi connectivity index (χ4v) is 3.16. The Morgan fingerprint density at radius 2 is 0.909 bits per heavy atom. The average molecular weight is 322 g/mol. The number of nitrogens with two attached hydrogens (primary N) is 1. The average Bonchev–Trinajstić information content (AvgIpc) is 2.51. The second kappa shape index (κ2) is 22.0. The van der Waals surface area contributed by atoms with Gasteiger partial charge >= 0.3 is 29.6 Å². The van der Waals surface area contributed by atoms with Crippen molar-refractivity contribution in [3.63, 3.8) is 0 Å². The first-order valence-electron chi connectivity index (χ1n) is 10.0. The first-order chi connectivity index (χ1) is 10.3. The molecule has 1 unspecified atom stereocenters. The molecule has 0 aromatic heterocycles. The quantitative estimate of drug-likeness (QED) is 0.318. The zero-order chi connectivity index (χ0) is 15.6. The van der Waals surface area contributed by atoms with E-state index < -0.39 is 0 Å². The summed E-state index contributed by atoms with van der Waals surface area (Å²) in [6, 6.07) is 0. The van der Waals surface area contributed by atoms with Crippen LogP contribution >= 0.6 is 0 Å². The minimum atomic E-state index is 0. The minimum absolute atomic E-state index is 0. The Hall–Kier alpha value is 0.960. The molecule has 0 aliphatic rings. The van der Waals surface area contributed by atoms with Crippen LogP contribution in [0.5, 0.6) is 0 Å². The smallest absolute Gasteiger partial charge is 1.00 e. The summed E-state index contributed by atoms with van der Waals surface area (Å²) in [5, 5.41) is 0. The Morgan fingerprint density at radius 3 is 1.23 bits per heavy atom. The van der Waals surface area contributed by atoms with Crippen molar-refractivity contribution in [2.75, 3.05) is 6.54 Å². The van der Waals surface area contributed by atoms with E-state index in [0.29, 0.717) is 0 Å².